The number of nitrogens with zero attached hydrogens (tertiary/aromatic N) is 4. The second-order valence-corrected chi connectivity index (χ2v) is 6.63. The number of aryl methyl sites for hydroxylation is 2. The lowest BCUT2D eigenvalue weighted by Gasteiger charge is -2.09. The topological polar surface area (TPSA) is 78.9 Å². The monoisotopic (exact) mass is 348 g/mol. The molecule has 0 saturated carbocycles. The number of fused-ring (bicyclic) bond motifs is 1. The molecule has 0 atom stereocenters. The Balaban J connectivity index is 2.16. The lowest BCUT2D eigenvalue weighted by molar-refractivity contribution is -0.117. The number of unbranched alkanes of at least 4 members (excludes halogenated alkanes) is 4. The lowest BCUT2D eigenvalue weighted by Crippen LogP contribution is -2.38. The Bertz CT molecular complexity index is 844. The average molecular weight is 348 g/mol. The van der Waals surface area contributed by atoms with Gasteiger partial charge in [-0.1, -0.05) is 26.2 Å². The number of ketones is 1. The van der Waals surface area contributed by atoms with E-state index in [4.69, 9.17) is 0 Å². The van der Waals surface area contributed by atoms with Crippen molar-refractivity contribution in [3.05, 3.63) is 27.2 Å². The van der Waals surface area contributed by atoms with E-state index >= 15 is 0 Å². The smallest absolute Gasteiger partial charge is 0.325 e. The molecule has 0 spiro atoms. The molecule has 25 heavy (non-hydrogen) atoms. The van der Waals surface area contributed by atoms with E-state index in [1.165, 1.54) is 11.6 Å². The van der Waals surface area contributed by atoms with Crippen LogP contribution in [0.4, 0.5) is 0 Å². The van der Waals surface area contributed by atoms with Gasteiger partial charge in [-0.15, -0.1) is 0 Å². The van der Waals surface area contributed by atoms with Crippen LogP contribution in [0.1, 0.15) is 58.8 Å². The molecule has 0 aliphatic carbocycles. The molecule has 0 saturated heterocycles. The minimum absolute atomic E-state index is 0.231. The van der Waals surface area contributed by atoms with Gasteiger partial charge in [0.25, 0.3) is 5.56 Å². The highest BCUT2D eigenvalue weighted by atomic mass is 16.2. The van der Waals surface area contributed by atoms with Crippen LogP contribution in [-0.2, 0) is 24.9 Å². The van der Waals surface area contributed by atoms with Crippen LogP contribution < -0.4 is 11.2 Å². The summed E-state index contributed by atoms with van der Waals surface area (Å²) in [4.78, 5) is 40.2. The molecule has 0 aliphatic heterocycles. The van der Waals surface area contributed by atoms with Gasteiger partial charge in [0, 0.05) is 26.6 Å². The van der Waals surface area contributed by atoms with Crippen molar-refractivity contribution in [2.24, 2.45) is 7.05 Å². The molecule has 0 fully saturated rings. The summed E-state index contributed by atoms with van der Waals surface area (Å²) in [6.45, 7) is 4.94. The average Bonchev–Trinajstić information content (AvgIpc) is 2.99. The predicted molar refractivity (Wildman–Crippen MR) is 97.9 cm³/mol. The second-order valence-electron chi connectivity index (χ2n) is 6.63. The summed E-state index contributed by atoms with van der Waals surface area (Å²) in [5, 5.41) is 0. The molecule has 2 rings (SSSR count). The van der Waals surface area contributed by atoms with Crippen LogP contribution in [-0.4, -0.2) is 24.5 Å². The molecule has 0 unspecified atom stereocenters. The molecular weight excluding hydrogens is 320 g/mol. The van der Waals surface area contributed by atoms with E-state index in [-0.39, 0.29) is 17.0 Å². The van der Waals surface area contributed by atoms with Crippen LogP contribution in [0.3, 0.4) is 0 Å². The summed E-state index contributed by atoms with van der Waals surface area (Å²) < 4.78 is 4.62. The van der Waals surface area contributed by atoms with Crippen molar-refractivity contribution in [1.29, 1.82) is 0 Å². The molecule has 0 N–H and O–H groups in total. The molecule has 7 heteroatoms. The standard InChI is InChI=1S/C18H28N4O3/c1-4-5-12-22-16-15(17(24)20(3)18(22)25)21(13-19-16)11-9-7-6-8-10-14(2)23/h13H,4-12H2,1-3H3. The van der Waals surface area contributed by atoms with Crippen LogP contribution in [0.2, 0.25) is 0 Å². The molecule has 138 valence electrons. The Labute approximate surface area is 147 Å². The Kier molecular flexibility index (Phi) is 6.73. The minimum atomic E-state index is -0.305. The van der Waals surface area contributed by atoms with E-state index in [1.54, 1.807) is 17.8 Å². The molecule has 2 aromatic rings. The highest BCUT2D eigenvalue weighted by Crippen LogP contribution is 2.11. The minimum Gasteiger partial charge on any atom is -0.325 e. The quantitative estimate of drug-likeness (QED) is 0.617. The molecule has 2 heterocycles. The zero-order chi connectivity index (χ0) is 18.4. The van der Waals surface area contributed by atoms with E-state index in [9.17, 15) is 14.4 Å². The molecule has 7 nitrogen and oxygen atoms in total. The molecule has 0 amide bonds. The predicted octanol–water partition coefficient (Wildman–Crippen LogP) is 2.24. The van der Waals surface area contributed by atoms with Gasteiger partial charge in [-0.3, -0.25) is 13.9 Å². The first kappa shape index (κ1) is 19.1. The fourth-order valence-electron chi connectivity index (χ4n) is 3.00. The molecule has 0 radical (unpaired) electrons. The first-order valence-corrected chi connectivity index (χ1v) is 9.11. The van der Waals surface area contributed by atoms with Crippen molar-refractivity contribution in [2.75, 3.05) is 0 Å². The van der Waals surface area contributed by atoms with Gasteiger partial charge in [0.15, 0.2) is 11.2 Å². The maximum Gasteiger partial charge on any atom is 0.332 e. The number of carbonyl (C=O) groups excluding carboxylic acids is 1. The number of hydrogen-bond acceptors (Lipinski definition) is 4. The summed E-state index contributed by atoms with van der Waals surface area (Å²) in [5.41, 5.74) is 0.391. The van der Waals surface area contributed by atoms with Crippen LogP contribution >= 0.6 is 0 Å². The van der Waals surface area contributed by atoms with Crippen molar-refractivity contribution in [1.82, 2.24) is 18.7 Å². The van der Waals surface area contributed by atoms with Gasteiger partial charge in [0.2, 0.25) is 0 Å². The maximum absolute atomic E-state index is 12.5. The summed E-state index contributed by atoms with van der Waals surface area (Å²) in [6, 6.07) is 0. The molecule has 2 aromatic heterocycles. The van der Waals surface area contributed by atoms with Crippen molar-refractivity contribution in [2.45, 2.75) is 71.9 Å². The van der Waals surface area contributed by atoms with Gasteiger partial charge in [0.05, 0.1) is 6.33 Å². The number of rotatable bonds is 10. The Morgan fingerprint density at radius 2 is 1.80 bits per heavy atom. The zero-order valence-electron chi connectivity index (χ0n) is 15.5. The first-order chi connectivity index (χ1) is 12.0. The van der Waals surface area contributed by atoms with E-state index in [0.29, 0.717) is 30.7 Å². The highest BCUT2D eigenvalue weighted by molar-refractivity contribution is 5.75. The Morgan fingerprint density at radius 3 is 2.48 bits per heavy atom. The molecule has 0 aliphatic rings. The fourth-order valence-corrected chi connectivity index (χ4v) is 3.00. The van der Waals surface area contributed by atoms with Crippen molar-refractivity contribution in [3.63, 3.8) is 0 Å². The number of Topliss-reactive ketones (excluding diaryl/α,β-unsaturated/α-hetero) is 1. The Hall–Kier alpha value is -2.18. The van der Waals surface area contributed by atoms with Crippen LogP contribution in [0.25, 0.3) is 11.2 Å². The fraction of sp³-hybridized carbons (Fsp3) is 0.667. The third kappa shape index (κ3) is 4.46. The van der Waals surface area contributed by atoms with Gasteiger partial charge in [-0.05, 0) is 26.2 Å². The lowest BCUT2D eigenvalue weighted by atomic mass is 10.1. The number of aromatic nitrogens is 4. The molecule has 0 bridgehead atoms. The normalized spacial score (nSPS) is 11.3. The summed E-state index contributed by atoms with van der Waals surface area (Å²) in [5.74, 6) is 0.231. The van der Waals surface area contributed by atoms with Crippen molar-refractivity contribution >= 4 is 16.9 Å². The highest BCUT2D eigenvalue weighted by Gasteiger charge is 2.15. The van der Waals surface area contributed by atoms with Crippen LogP contribution in [0, 0.1) is 0 Å². The van der Waals surface area contributed by atoms with Gasteiger partial charge < -0.3 is 9.36 Å². The van der Waals surface area contributed by atoms with Crippen molar-refractivity contribution < 1.29 is 4.79 Å². The number of hydrogen-bond donors (Lipinski definition) is 0. The third-order valence-corrected chi connectivity index (χ3v) is 4.51. The maximum atomic E-state index is 12.5. The molecule has 0 aromatic carbocycles. The molecular formula is C18H28N4O3. The first-order valence-electron chi connectivity index (χ1n) is 9.11. The van der Waals surface area contributed by atoms with Crippen LogP contribution in [0.15, 0.2) is 15.9 Å². The van der Waals surface area contributed by atoms with Crippen molar-refractivity contribution in [3.8, 4) is 0 Å². The van der Waals surface area contributed by atoms with Crippen LogP contribution in [0.5, 0.6) is 0 Å². The van der Waals surface area contributed by atoms with E-state index in [0.717, 1.165) is 38.5 Å². The summed E-state index contributed by atoms with van der Waals surface area (Å²) in [6.07, 6.45) is 7.98. The van der Waals surface area contributed by atoms with E-state index in [2.05, 4.69) is 11.9 Å². The van der Waals surface area contributed by atoms with E-state index in [1.807, 2.05) is 4.57 Å². The summed E-state index contributed by atoms with van der Waals surface area (Å²) >= 11 is 0. The van der Waals surface area contributed by atoms with Gasteiger partial charge in [0.1, 0.15) is 5.78 Å². The SMILES string of the molecule is CCCCn1c(=O)n(C)c(=O)c2c1ncn2CCCCCCC(C)=O. The van der Waals surface area contributed by atoms with E-state index < -0.39 is 0 Å². The van der Waals surface area contributed by atoms with Gasteiger partial charge in [-0.2, -0.15) is 0 Å². The summed E-state index contributed by atoms with van der Waals surface area (Å²) in [7, 11) is 1.52. The number of carbonyl (C=O) groups is 1. The Morgan fingerprint density at radius 1 is 1.08 bits per heavy atom. The largest absolute Gasteiger partial charge is 0.332 e. The van der Waals surface area contributed by atoms with Gasteiger partial charge in [-0.25, -0.2) is 9.78 Å². The zero-order valence-corrected chi connectivity index (χ0v) is 15.5. The second kappa shape index (κ2) is 8.78. The van der Waals surface area contributed by atoms with Gasteiger partial charge >= 0.3 is 5.69 Å². The number of imidazole rings is 1. The third-order valence-electron chi connectivity index (χ3n) is 4.51.